The number of hydrogen-bond donors (Lipinski definition) is 2. The number of H-pyrrole nitrogens is 1. The molecule has 1 aliphatic rings. The fourth-order valence-electron chi connectivity index (χ4n) is 2.60. The minimum Gasteiger partial charge on any atom is -0.382 e. The zero-order valence-corrected chi connectivity index (χ0v) is 11.0. The maximum atomic E-state index is 5.65. The van der Waals surface area contributed by atoms with Crippen molar-refractivity contribution in [3.63, 3.8) is 0 Å². The second kappa shape index (κ2) is 4.87. The van der Waals surface area contributed by atoms with Gasteiger partial charge in [-0.05, 0) is 19.8 Å². The lowest BCUT2D eigenvalue weighted by Gasteiger charge is -2.32. The van der Waals surface area contributed by atoms with Gasteiger partial charge in [-0.3, -0.25) is 5.10 Å². The van der Waals surface area contributed by atoms with Gasteiger partial charge >= 0.3 is 0 Å². The second-order valence-electron chi connectivity index (χ2n) is 5.03. The molecule has 0 unspecified atom stereocenters. The van der Waals surface area contributed by atoms with Crippen molar-refractivity contribution < 1.29 is 0 Å². The van der Waals surface area contributed by atoms with E-state index in [0.29, 0.717) is 11.7 Å². The fraction of sp³-hybridized carbons (Fsp3) is 0.462. The van der Waals surface area contributed by atoms with Gasteiger partial charge in [0.05, 0.1) is 0 Å². The third-order valence-electron chi connectivity index (χ3n) is 3.67. The lowest BCUT2D eigenvalue weighted by molar-refractivity contribution is 0.493. The molecule has 0 bridgehead atoms. The van der Waals surface area contributed by atoms with E-state index in [4.69, 9.17) is 5.73 Å². The van der Waals surface area contributed by atoms with Gasteiger partial charge in [0.15, 0.2) is 0 Å². The predicted molar refractivity (Wildman–Crippen MR) is 74.0 cm³/mol. The molecule has 6 nitrogen and oxygen atoms in total. The average molecular weight is 258 g/mol. The number of aromatic nitrogens is 4. The smallest absolute Gasteiger partial charge is 0.145 e. The molecule has 100 valence electrons. The highest BCUT2D eigenvalue weighted by Crippen LogP contribution is 2.29. The molecule has 1 saturated heterocycles. The first-order valence-corrected chi connectivity index (χ1v) is 6.57. The van der Waals surface area contributed by atoms with Gasteiger partial charge in [0.2, 0.25) is 0 Å². The van der Waals surface area contributed by atoms with E-state index in [1.54, 1.807) is 6.33 Å². The first-order valence-electron chi connectivity index (χ1n) is 6.57. The molecular weight excluding hydrogens is 240 g/mol. The standard InChI is InChI=1S/C13H18N6/c1-9-6-13(16-8-15-9)19-4-2-10(3-5-19)11-7-12(14)18-17-11/h6-8,10H,2-5H2,1H3,(H3,14,17,18). The molecule has 6 heteroatoms. The minimum absolute atomic E-state index is 0.518. The molecule has 0 aromatic carbocycles. The third-order valence-corrected chi connectivity index (χ3v) is 3.67. The van der Waals surface area contributed by atoms with E-state index in [9.17, 15) is 0 Å². The number of hydrogen-bond acceptors (Lipinski definition) is 5. The van der Waals surface area contributed by atoms with Crippen LogP contribution in [0.25, 0.3) is 0 Å². The Balaban J connectivity index is 1.66. The average Bonchev–Trinajstić information content (AvgIpc) is 2.86. The van der Waals surface area contributed by atoms with E-state index in [0.717, 1.165) is 43.1 Å². The van der Waals surface area contributed by atoms with Crippen LogP contribution in [0.2, 0.25) is 0 Å². The van der Waals surface area contributed by atoms with Crippen LogP contribution in [0.15, 0.2) is 18.5 Å². The SMILES string of the molecule is Cc1cc(N2CCC(c3cc(N)n[nH]3)CC2)ncn1. The number of nitrogen functional groups attached to an aromatic ring is 1. The summed E-state index contributed by atoms with van der Waals surface area (Å²) in [6.07, 6.45) is 3.81. The van der Waals surface area contributed by atoms with Crippen LogP contribution in [0.1, 0.15) is 30.1 Å². The van der Waals surface area contributed by atoms with Gasteiger partial charge in [0.1, 0.15) is 18.0 Å². The van der Waals surface area contributed by atoms with Crippen molar-refractivity contribution in [2.75, 3.05) is 23.7 Å². The summed E-state index contributed by atoms with van der Waals surface area (Å²) in [5, 5.41) is 7.02. The molecule has 0 spiro atoms. The summed E-state index contributed by atoms with van der Waals surface area (Å²) in [5.74, 6) is 2.11. The van der Waals surface area contributed by atoms with Crippen LogP contribution in [0.4, 0.5) is 11.6 Å². The molecule has 1 aliphatic heterocycles. The van der Waals surface area contributed by atoms with Gasteiger partial charge in [-0.25, -0.2) is 9.97 Å². The first-order chi connectivity index (χ1) is 9.22. The Hall–Kier alpha value is -2.11. The van der Waals surface area contributed by atoms with Crippen molar-refractivity contribution in [2.45, 2.75) is 25.7 Å². The molecule has 2 aromatic heterocycles. The van der Waals surface area contributed by atoms with E-state index in [2.05, 4.69) is 25.1 Å². The Bertz CT molecular complexity index is 556. The number of aromatic amines is 1. The molecule has 0 amide bonds. The number of aryl methyl sites for hydroxylation is 1. The Morgan fingerprint density at radius 2 is 2.05 bits per heavy atom. The van der Waals surface area contributed by atoms with Crippen molar-refractivity contribution in [1.82, 2.24) is 20.2 Å². The van der Waals surface area contributed by atoms with E-state index < -0.39 is 0 Å². The summed E-state index contributed by atoms with van der Waals surface area (Å²) in [7, 11) is 0. The van der Waals surface area contributed by atoms with Crippen LogP contribution in [-0.2, 0) is 0 Å². The number of nitrogens with one attached hydrogen (secondary N) is 1. The summed E-state index contributed by atoms with van der Waals surface area (Å²) in [6.45, 7) is 3.99. The number of rotatable bonds is 2. The van der Waals surface area contributed by atoms with Crippen LogP contribution < -0.4 is 10.6 Å². The lowest BCUT2D eigenvalue weighted by Crippen LogP contribution is -2.33. The summed E-state index contributed by atoms with van der Waals surface area (Å²) in [5.41, 5.74) is 7.81. The topological polar surface area (TPSA) is 83.7 Å². The normalized spacial score (nSPS) is 16.8. The maximum absolute atomic E-state index is 5.65. The van der Waals surface area contributed by atoms with Gasteiger partial charge < -0.3 is 10.6 Å². The summed E-state index contributed by atoms with van der Waals surface area (Å²) in [4.78, 5) is 10.8. The molecular formula is C13H18N6. The molecule has 3 N–H and O–H groups in total. The first kappa shape index (κ1) is 12.0. The number of piperidine rings is 1. The van der Waals surface area contributed by atoms with Crippen LogP contribution in [0.5, 0.6) is 0 Å². The van der Waals surface area contributed by atoms with Crippen LogP contribution in [-0.4, -0.2) is 33.3 Å². The minimum atomic E-state index is 0.518. The van der Waals surface area contributed by atoms with Crippen LogP contribution in [0.3, 0.4) is 0 Å². The largest absolute Gasteiger partial charge is 0.382 e. The number of anilines is 2. The number of nitrogens with two attached hydrogens (primary N) is 1. The van der Waals surface area contributed by atoms with E-state index >= 15 is 0 Å². The van der Waals surface area contributed by atoms with Crippen molar-refractivity contribution >= 4 is 11.6 Å². The summed E-state index contributed by atoms with van der Waals surface area (Å²) < 4.78 is 0. The van der Waals surface area contributed by atoms with E-state index in [1.807, 2.05) is 19.1 Å². The molecule has 19 heavy (non-hydrogen) atoms. The Morgan fingerprint density at radius 1 is 1.26 bits per heavy atom. The van der Waals surface area contributed by atoms with Crippen molar-refractivity contribution in [2.24, 2.45) is 0 Å². The Morgan fingerprint density at radius 3 is 2.68 bits per heavy atom. The van der Waals surface area contributed by atoms with E-state index in [-0.39, 0.29) is 0 Å². The van der Waals surface area contributed by atoms with Gasteiger partial charge in [-0.2, -0.15) is 5.10 Å². The maximum Gasteiger partial charge on any atom is 0.145 e. The van der Waals surface area contributed by atoms with Gasteiger partial charge in [-0.15, -0.1) is 0 Å². The molecule has 0 saturated carbocycles. The molecule has 3 heterocycles. The molecule has 0 radical (unpaired) electrons. The third kappa shape index (κ3) is 2.52. The number of nitrogens with zero attached hydrogens (tertiary/aromatic N) is 4. The monoisotopic (exact) mass is 258 g/mol. The van der Waals surface area contributed by atoms with E-state index in [1.165, 1.54) is 0 Å². The molecule has 0 aliphatic carbocycles. The zero-order chi connectivity index (χ0) is 13.2. The van der Waals surface area contributed by atoms with Crippen molar-refractivity contribution in [3.8, 4) is 0 Å². The van der Waals surface area contributed by atoms with Crippen molar-refractivity contribution in [3.05, 3.63) is 29.8 Å². The van der Waals surface area contributed by atoms with Crippen molar-refractivity contribution in [1.29, 1.82) is 0 Å². The summed E-state index contributed by atoms with van der Waals surface area (Å²) in [6, 6.07) is 3.98. The lowest BCUT2D eigenvalue weighted by atomic mass is 9.93. The van der Waals surface area contributed by atoms with Crippen LogP contribution >= 0.6 is 0 Å². The Labute approximate surface area is 112 Å². The quantitative estimate of drug-likeness (QED) is 0.852. The predicted octanol–water partition coefficient (Wildman–Crippen LogP) is 1.47. The van der Waals surface area contributed by atoms with Gasteiger partial charge in [-0.1, -0.05) is 0 Å². The molecule has 1 fully saturated rings. The fourth-order valence-corrected chi connectivity index (χ4v) is 2.60. The molecule has 0 atom stereocenters. The zero-order valence-electron chi connectivity index (χ0n) is 11.0. The Kier molecular flexibility index (Phi) is 3.06. The molecule has 2 aromatic rings. The highest BCUT2D eigenvalue weighted by Gasteiger charge is 2.22. The van der Waals surface area contributed by atoms with Gasteiger partial charge in [0, 0.05) is 42.5 Å². The molecule has 3 rings (SSSR count). The van der Waals surface area contributed by atoms with Crippen LogP contribution in [0, 0.1) is 6.92 Å². The highest BCUT2D eigenvalue weighted by atomic mass is 15.2. The second-order valence-corrected chi connectivity index (χ2v) is 5.03. The summed E-state index contributed by atoms with van der Waals surface area (Å²) >= 11 is 0. The highest BCUT2D eigenvalue weighted by molar-refractivity contribution is 5.40. The van der Waals surface area contributed by atoms with Gasteiger partial charge in [0.25, 0.3) is 0 Å².